The molecule has 0 aliphatic heterocycles. The molecule has 0 saturated heterocycles. The molecule has 0 bridgehead atoms. The minimum atomic E-state index is -1.16. The van der Waals surface area contributed by atoms with Crippen LogP contribution >= 0.6 is 11.6 Å². The number of hydrogen-bond acceptors (Lipinski definition) is 3. The predicted octanol–water partition coefficient (Wildman–Crippen LogP) is 5.49. The maximum absolute atomic E-state index is 14.1. The molecule has 8 heteroatoms. The van der Waals surface area contributed by atoms with Crippen molar-refractivity contribution < 1.29 is 19.1 Å². The summed E-state index contributed by atoms with van der Waals surface area (Å²) in [5, 5.41) is 14.5. The Morgan fingerprint density at radius 1 is 1.29 bits per heavy atom. The van der Waals surface area contributed by atoms with Crippen molar-refractivity contribution in [2.45, 2.75) is 65.8 Å². The van der Waals surface area contributed by atoms with E-state index in [0.717, 1.165) is 25.7 Å². The Bertz CT molecular complexity index is 981. The number of carboxylic acids is 1. The summed E-state index contributed by atoms with van der Waals surface area (Å²) in [6.07, 6.45) is 3.88. The molecule has 6 nitrogen and oxygen atoms in total. The normalized spacial score (nSPS) is 18.9. The first kappa shape index (κ1) is 23.3. The number of amides is 1. The van der Waals surface area contributed by atoms with Crippen LogP contribution in [0.1, 0.15) is 69.4 Å². The number of nitrogens with zero attached hydrogens (tertiary/aromatic N) is 3. The molecular formula is C23H29ClFN3O3. The van der Waals surface area contributed by atoms with E-state index < -0.39 is 11.8 Å². The lowest BCUT2D eigenvalue weighted by Gasteiger charge is -2.32. The lowest BCUT2D eigenvalue weighted by molar-refractivity contribution is -0.123. The molecule has 2 aromatic rings. The van der Waals surface area contributed by atoms with Crippen molar-refractivity contribution in [2.75, 3.05) is 4.90 Å². The van der Waals surface area contributed by atoms with Crippen molar-refractivity contribution in [3.8, 4) is 5.69 Å². The lowest BCUT2D eigenvalue weighted by Crippen LogP contribution is -2.43. The molecule has 1 aromatic carbocycles. The summed E-state index contributed by atoms with van der Waals surface area (Å²) in [7, 11) is 0. The van der Waals surface area contributed by atoms with Crippen molar-refractivity contribution in [3.05, 3.63) is 40.3 Å². The summed E-state index contributed by atoms with van der Waals surface area (Å²) in [5.41, 5.74) is 0.735. The first-order valence-corrected chi connectivity index (χ1v) is 11.2. The number of hydrogen-bond donors (Lipinski definition) is 1. The van der Waals surface area contributed by atoms with Gasteiger partial charge < -0.3 is 5.11 Å². The molecule has 0 spiro atoms. The van der Waals surface area contributed by atoms with Gasteiger partial charge in [0.25, 0.3) is 0 Å². The number of carbonyl (C=O) groups is 2. The molecule has 1 fully saturated rings. The topological polar surface area (TPSA) is 75.4 Å². The highest BCUT2D eigenvalue weighted by Gasteiger charge is 2.35. The fraction of sp³-hybridized carbons (Fsp3) is 0.522. The van der Waals surface area contributed by atoms with Crippen LogP contribution in [0.4, 0.5) is 10.2 Å². The summed E-state index contributed by atoms with van der Waals surface area (Å²) in [4.78, 5) is 27.2. The third-order valence-electron chi connectivity index (χ3n) is 6.01. The third kappa shape index (κ3) is 4.61. The number of aromatic carboxylic acids is 1. The molecule has 3 rings (SSSR count). The molecule has 168 valence electrons. The second-order valence-electron chi connectivity index (χ2n) is 8.57. The van der Waals surface area contributed by atoms with E-state index in [1.165, 1.54) is 21.7 Å². The van der Waals surface area contributed by atoms with Gasteiger partial charge in [-0.3, -0.25) is 9.69 Å². The average Bonchev–Trinajstić information content (AvgIpc) is 3.09. The lowest BCUT2D eigenvalue weighted by atomic mass is 9.82. The number of benzene rings is 1. The van der Waals surface area contributed by atoms with E-state index in [1.807, 2.05) is 13.8 Å². The highest BCUT2D eigenvalue weighted by atomic mass is 35.5. The molecule has 1 heterocycles. The highest BCUT2D eigenvalue weighted by Crippen LogP contribution is 2.34. The van der Waals surface area contributed by atoms with E-state index in [0.29, 0.717) is 23.7 Å². The number of carbonyl (C=O) groups excluding carboxylic acids is 1. The molecule has 1 saturated carbocycles. The first-order chi connectivity index (χ1) is 14.6. The second-order valence-corrected chi connectivity index (χ2v) is 8.98. The van der Waals surface area contributed by atoms with Crippen molar-refractivity contribution in [1.82, 2.24) is 9.78 Å². The molecule has 0 atom stereocenters. The van der Waals surface area contributed by atoms with Crippen LogP contribution in [-0.2, 0) is 11.2 Å². The van der Waals surface area contributed by atoms with Crippen molar-refractivity contribution >= 4 is 29.3 Å². The Morgan fingerprint density at radius 3 is 2.45 bits per heavy atom. The number of rotatable bonds is 6. The largest absolute Gasteiger partial charge is 0.477 e. The first-order valence-electron chi connectivity index (χ1n) is 10.8. The molecule has 1 aliphatic carbocycles. The van der Waals surface area contributed by atoms with Gasteiger partial charge in [0.05, 0.1) is 16.4 Å². The maximum Gasteiger partial charge on any atom is 0.341 e. The maximum atomic E-state index is 14.1. The number of anilines is 1. The second kappa shape index (κ2) is 9.39. The van der Waals surface area contributed by atoms with Crippen LogP contribution < -0.4 is 4.90 Å². The van der Waals surface area contributed by atoms with Crippen LogP contribution in [0.15, 0.2) is 18.2 Å². The van der Waals surface area contributed by atoms with Crippen molar-refractivity contribution in [2.24, 2.45) is 11.8 Å². The molecule has 0 radical (unpaired) electrons. The number of halogens is 2. The molecule has 0 unspecified atom stereocenters. The van der Waals surface area contributed by atoms with Crippen LogP contribution in [0, 0.1) is 17.7 Å². The molecule has 1 amide bonds. The van der Waals surface area contributed by atoms with E-state index >= 15 is 0 Å². The summed E-state index contributed by atoms with van der Waals surface area (Å²) >= 11 is 5.81. The van der Waals surface area contributed by atoms with Crippen LogP contribution in [0.2, 0.25) is 5.02 Å². The SMILES string of the molecule is CCc1c(C(=O)O)c(N(C(=O)[C@H]2CC[C@H](C)CC2)C(C)C)nn1-c1ccc(Cl)c(F)c1. The number of aromatic nitrogens is 2. The summed E-state index contributed by atoms with van der Waals surface area (Å²) in [5.74, 6) is -1.33. The Kier molecular flexibility index (Phi) is 7.04. The van der Waals surface area contributed by atoms with Crippen LogP contribution in [0.25, 0.3) is 5.69 Å². The summed E-state index contributed by atoms with van der Waals surface area (Å²) < 4.78 is 15.5. The van der Waals surface area contributed by atoms with E-state index in [9.17, 15) is 19.1 Å². The Hall–Kier alpha value is -2.41. The predicted molar refractivity (Wildman–Crippen MR) is 119 cm³/mol. The van der Waals surface area contributed by atoms with Gasteiger partial charge in [-0.05, 0) is 64.0 Å². The molecule has 1 aliphatic rings. The van der Waals surface area contributed by atoms with Crippen LogP contribution in [0.3, 0.4) is 0 Å². The van der Waals surface area contributed by atoms with E-state index in [-0.39, 0.29) is 34.3 Å². The Labute approximate surface area is 187 Å². The zero-order valence-electron chi connectivity index (χ0n) is 18.4. The molecule has 1 aromatic heterocycles. The Balaban J connectivity index is 2.13. The van der Waals surface area contributed by atoms with Crippen molar-refractivity contribution in [1.29, 1.82) is 0 Å². The van der Waals surface area contributed by atoms with Gasteiger partial charge in [-0.25, -0.2) is 13.9 Å². The van der Waals surface area contributed by atoms with E-state index in [4.69, 9.17) is 11.6 Å². The standard InChI is InChI=1S/C23H29ClFN3O3/c1-5-19-20(23(30)31)21(26-28(19)16-10-11-17(24)18(25)12-16)27(13(2)3)22(29)15-8-6-14(4)7-9-15/h10-15H,5-9H2,1-4H3,(H,30,31)/t14-,15-. The number of carboxylic acid groups (broad SMARTS) is 1. The fourth-order valence-corrected chi connectivity index (χ4v) is 4.41. The molecule has 1 N–H and O–H groups in total. The van der Waals surface area contributed by atoms with Crippen molar-refractivity contribution in [3.63, 3.8) is 0 Å². The van der Waals surface area contributed by atoms with E-state index in [1.54, 1.807) is 13.0 Å². The molecule has 31 heavy (non-hydrogen) atoms. The van der Waals surface area contributed by atoms with E-state index in [2.05, 4.69) is 12.0 Å². The van der Waals surface area contributed by atoms with Gasteiger partial charge in [-0.15, -0.1) is 5.10 Å². The van der Waals surface area contributed by atoms with Gasteiger partial charge in [0, 0.05) is 18.0 Å². The Morgan fingerprint density at radius 2 is 1.94 bits per heavy atom. The minimum absolute atomic E-state index is 0.0240. The van der Waals surface area contributed by atoms with Gasteiger partial charge >= 0.3 is 5.97 Å². The minimum Gasteiger partial charge on any atom is -0.477 e. The van der Waals surface area contributed by atoms with Gasteiger partial charge in [-0.1, -0.05) is 25.4 Å². The zero-order chi connectivity index (χ0) is 22.9. The quantitative estimate of drug-likeness (QED) is 0.632. The summed E-state index contributed by atoms with van der Waals surface area (Å²) in [6.45, 7) is 7.69. The van der Waals surface area contributed by atoms with Gasteiger partial charge in [0.1, 0.15) is 11.4 Å². The highest BCUT2D eigenvalue weighted by molar-refractivity contribution is 6.30. The zero-order valence-corrected chi connectivity index (χ0v) is 19.1. The third-order valence-corrected chi connectivity index (χ3v) is 6.31. The monoisotopic (exact) mass is 449 g/mol. The fourth-order valence-electron chi connectivity index (χ4n) is 4.29. The van der Waals surface area contributed by atoms with Crippen LogP contribution in [-0.4, -0.2) is 32.8 Å². The van der Waals surface area contributed by atoms with Gasteiger partial charge in [-0.2, -0.15) is 0 Å². The molecular weight excluding hydrogens is 421 g/mol. The van der Waals surface area contributed by atoms with Gasteiger partial charge in [0.2, 0.25) is 5.91 Å². The smallest absolute Gasteiger partial charge is 0.341 e. The van der Waals surface area contributed by atoms with Gasteiger partial charge in [0.15, 0.2) is 5.82 Å². The summed E-state index contributed by atoms with van der Waals surface area (Å²) in [6, 6.07) is 3.92. The van der Waals surface area contributed by atoms with Crippen LogP contribution in [0.5, 0.6) is 0 Å². The average molecular weight is 450 g/mol.